The Morgan fingerprint density at radius 2 is 2.26 bits per heavy atom. The zero-order chi connectivity index (χ0) is 13.7. The van der Waals surface area contributed by atoms with Crippen molar-refractivity contribution in [2.24, 2.45) is 5.41 Å². The Kier molecular flexibility index (Phi) is 4.11. The molecule has 2 heterocycles. The van der Waals surface area contributed by atoms with Crippen LogP contribution in [0.4, 0.5) is 0 Å². The fourth-order valence-electron chi connectivity index (χ4n) is 1.86. The second-order valence-electron chi connectivity index (χ2n) is 4.39. The molecule has 0 aromatic carbocycles. The second-order valence-corrected chi connectivity index (χ2v) is 4.39. The summed E-state index contributed by atoms with van der Waals surface area (Å²) in [5.74, 6) is -0.893. The van der Waals surface area contributed by atoms with Gasteiger partial charge in [-0.05, 0) is 12.1 Å². The maximum Gasteiger partial charge on any atom is 0.326 e. The van der Waals surface area contributed by atoms with Gasteiger partial charge in [0.15, 0.2) is 5.41 Å². The van der Waals surface area contributed by atoms with Gasteiger partial charge in [0.2, 0.25) is 5.91 Å². The van der Waals surface area contributed by atoms with Crippen LogP contribution in [0.2, 0.25) is 0 Å². The van der Waals surface area contributed by atoms with Crippen LogP contribution in [-0.4, -0.2) is 43.7 Å². The molecule has 1 N–H and O–H groups in total. The molecule has 6 heteroatoms. The minimum Gasteiger partial charge on any atom is -0.468 e. The summed E-state index contributed by atoms with van der Waals surface area (Å²) in [6.45, 7) is 0.582. The predicted molar refractivity (Wildman–Crippen MR) is 66.2 cm³/mol. The molecule has 0 saturated carbocycles. The van der Waals surface area contributed by atoms with Crippen molar-refractivity contribution in [1.82, 2.24) is 10.3 Å². The van der Waals surface area contributed by atoms with E-state index in [1.807, 2.05) is 18.2 Å². The summed E-state index contributed by atoms with van der Waals surface area (Å²) in [6, 6.07) is 5.61. The van der Waals surface area contributed by atoms with E-state index in [0.29, 0.717) is 13.0 Å². The number of aromatic nitrogens is 1. The highest BCUT2D eigenvalue weighted by atomic mass is 16.5. The lowest BCUT2D eigenvalue weighted by Gasteiger charge is -2.36. The Morgan fingerprint density at radius 3 is 2.79 bits per heavy atom. The molecule has 2 rings (SSSR count). The molecule has 1 aromatic heterocycles. The van der Waals surface area contributed by atoms with Crippen molar-refractivity contribution < 1.29 is 19.1 Å². The molecule has 102 valence electrons. The SMILES string of the molecule is COC(=O)C1(C(=O)NCCc2ccccn2)COC1. The lowest BCUT2D eigenvalue weighted by Crippen LogP contribution is -2.59. The quantitative estimate of drug-likeness (QED) is 0.595. The fraction of sp³-hybridized carbons (Fsp3) is 0.462. The van der Waals surface area contributed by atoms with E-state index in [0.717, 1.165) is 5.69 Å². The monoisotopic (exact) mass is 264 g/mol. The number of esters is 1. The summed E-state index contributed by atoms with van der Waals surface area (Å²) < 4.78 is 9.62. The minimum atomic E-state index is -1.17. The van der Waals surface area contributed by atoms with Gasteiger partial charge in [-0.1, -0.05) is 6.07 Å². The lowest BCUT2D eigenvalue weighted by molar-refractivity contribution is -0.188. The molecule has 0 bridgehead atoms. The molecule has 1 aliphatic heterocycles. The molecular weight excluding hydrogens is 248 g/mol. The molecule has 0 spiro atoms. The summed E-state index contributed by atoms with van der Waals surface area (Å²) in [7, 11) is 1.27. The first-order valence-corrected chi connectivity index (χ1v) is 6.03. The van der Waals surface area contributed by atoms with Crippen LogP contribution >= 0.6 is 0 Å². The van der Waals surface area contributed by atoms with Gasteiger partial charge in [0.05, 0.1) is 20.3 Å². The number of carbonyl (C=O) groups is 2. The Hall–Kier alpha value is -1.95. The summed E-state index contributed by atoms with van der Waals surface area (Å²) in [5.41, 5.74) is -0.279. The van der Waals surface area contributed by atoms with Crippen LogP contribution in [0.25, 0.3) is 0 Å². The van der Waals surface area contributed by atoms with Gasteiger partial charge >= 0.3 is 5.97 Å². The molecule has 1 amide bonds. The third kappa shape index (κ3) is 2.73. The van der Waals surface area contributed by atoms with Gasteiger partial charge in [-0.2, -0.15) is 0 Å². The van der Waals surface area contributed by atoms with Crippen LogP contribution in [0.1, 0.15) is 5.69 Å². The fourth-order valence-corrected chi connectivity index (χ4v) is 1.86. The standard InChI is InChI=1S/C13H16N2O4/c1-18-12(17)13(8-19-9-13)11(16)15-7-5-10-4-2-3-6-14-10/h2-4,6H,5,7-9H2,1H3,(H,15,16). The first-order valence-electron chi connectivity index (χ1n) is 6.03. The van der Waals surface area contributed by atoms with E-state index in [9.17, 15) is 9.59 Å². The summed E-state index contributed by atoms with van der Waals surface area (Å²) in [5, 5.41) is 2.73. The normalized spacial score (nSPS) is 16.3. The minimum absolute atomic E-state index is 0.0785. The lowest BCUT2D eigenvalue weighted by atomic mass is 9.85. The Bertz CT molecular complexity index is 457. The number of ether oxygens (including phenoxy) is 2. The number of nitrogens with zero attached hydrogens (tertiary/aromatic N) is 1. The average Bonchev–Trinajstić information content (AvgIpc) is 2.38. The molecule has 1 aromatic rings. The predicted octanol–water partition coefficient (Wildman–Crippen LogP) is -0.0701. The van der Waals surface area contributed by atoms with Crippen LogP contribution in [0, 0.1) is 5.41 Å². The summed E-state index contributed by atoms with van der Waals surface area (Å²) >= 11 is 0. The van der Waals surface area contributed by atoms with Crippen molar-refractivity contribution >= 4 is 11.9 Å². The number of hydrogen-bond donors (Lipinski definition) is 1. The Morgan fingerprint density at radius 1 is 1.47 bits per heavy atom. The zero-order valence-electron chi connectivity index (χ0n) is 10.7. The van der Waals surface area contributed by atoms with Crippen molar-refractivity contribution in [3.05, 3.63) is 30.1 Å². The van der Waals surface area contributed by atoms with Crippen LogP contribution in [0.5, 0.6) is 0 Å². The van der Waals surface area contributed by atoms with E-state index >= 15 is 0 Å². The van der Waals surface area contributed by atoms with Gasteiger partial charge in [-0.15, -0.1) is 0 Å². The third-order valence-electron chi connectivity index (χ3n) is 3.10. The molecule has 6 nitrogen and oxygen atoms in total. The van der Waals surface area contributed by atoms with Gasteiger partial charge in [0.1, 0.15) is 0 Å². The Labute approximate surface area is 111 Å². The summed E-state index contributed by atoms with van der Waals surface area (Å²) in [4.78, 5) is 27.8. The number of pyridine rings is 1. The van der Waals surface area contributed by atoms with E-state index in [-0.39, 0.29) is 19.1 Å². The van der Waals surface area contributed by atoms with Gasteiger partial charge in [-0.25, -0.2) is 0 Å². The third-order valence-corrected chi connectivity index (χ3v) is 3.10. The highest BCUT2D eigenvalue weighted by Crippen LogP contribution is 2.29. The maximum absolute atomic E-state index is 12.0. The number of methoxy groups -OCH3 is 1. The maximum atomic E-state index is 12.0. The number of carbonyl (C=O) groups excluding carboxylic acids is 2. The zero-order valence-corrected chi connectivity index (χ0v) is 10.7. The Balaban J connectivity index is 1.86. The summed E-state index contributed by atoms with van der Waals surface area (Å²) in [6.07, 6.45) is 2.32. The van der Waals surface area contributed by atoms with Crippen LogP contribution < -0.4 is 5.32 Å². The number of nitrogens with one attached hydrogen (secondary N) is 1. The molecule has 0 atom stereocenters. The van der Waals surface area contributed by atoms with Crippen molar-refractivity contribution in [1.29, 1.82) is 0 Å². The number of amides is 1. The van der Waals surface area contributed by atoms with E-state index in [1.54, 1.807) is 6.20 Å². The van der Waals surface area contributed by atoms with Crippen LogP contribution in [-0.2, 0) is 25.5 Å². The van der Waals surface area contributed by atoms with Crippen molar-refractivity contribution in [2.75, 3.05) is 26.9 Å². The van der Waals surface area contributed by atoms with Crippen LogP contribution in [0.3, 0.4) is 0 Å². The topological polar surface area (TPSA) is 77.5 Å². The van der Waals surface area contributed by atoms with Gasteiger partial charge < -0.3 is 14.8 Å². The van der Waals surface area contributed by atoms with Crippen molar-refractivity contribution in [3.8, 4) is 0 Å². The molecule has 0 unspecified atom stereocenters. The highest BCUT2D eigenvalue weighted by molar-refractivity contribution is 6.03. The first kappa shape index (κ1) is 13.5. The second kappa shape index (κ2) is 5.79. The molecular formula is C13H16N2O4. The van der Waals surface area contributed by atoms with Crippen LogP contribution in [0.15, 0.2) is 24.4 Å². The average molecular weight is 264 g/mol. The molecule has 1 aliphatic rings. The van der Waals surface area contributed by atoms with E-state index < -0.39 is 11.4 Å². The number of hydrogen-bond acceptors (Lipinski definition) is 5. The smallest absolute Gasteiger partial charge is 0.326 e. The molecule has 1 fully saturated rings. The van der Waals surface area contributed by atoms with E-state index in [1.165, 1.54) is 7.11 Å². The van der Waals surface area contributed by atoms with Crippen molar-refractivity contribution in [2.45, 2.75) is 6.42 Å². The molecule has 1 saturated heterocycles. The van der Waals surface area contributed by atoms with Gasteiger partial charge in [-0.3, -0.25) is 14.6 Å². The van der Waals surface area contributed by atoms with Gasteiger partial charge in [0, 0.05) is 24.9 Å². The van der Waals surface area contributed by atoms with E-state index in [4.69, 9.17) is 4.74 Å². The number of rotatable bonds is 5. The van der Waals surface area contributed by atoms with Gasteiger partial charge in [0.25, 0.3) is 0 Å². The molecule has 0 aliphatic carbocycles. The molecule has 0 radical (unpaired) electrons. The largest absolute Gasteiger partial charge is 0.468 e. The molecule has 19 heavy (non-hydrogen) atoms. The first-order chi connectivity index (χ1) is 9.19. The van der Waals surface area contributed by atoms with Crippen molar-refractivity contribution in [3.63, 3.8) is 0 Å². The van der Waals surface area contributed by atoms with E-state index in [2.05, 4.69) is 15.0 Å². The highest BCUT2D eigenvalue weighted by Gasteiger charge is 2.53.